The Morgan fingerprint density at radius 1 is 1.28 bits per heavy atom. The zero-order valence-corrected chi connectivity index (χ0v) is 14.3. The Hall–Kier alpha value is -2.93. The lowest BCUT2D eigenvalue weighted by Crippen LogP contribution is -2.35. The molecule has 3 aromatic rings. The van der Waals surface area contributed by atoms with Gasteiger partial charge in [0.1, 0.15) is 11.6 Å². The number of hydrogen-bond donors (Lipinski definition) is 3. The fraction of sp³-hybridized carbons (Fsp3) is 0.278. The molecule has 0 unspecified atom stereocenters. The Balaban J connectivity index is 1.94. The Morgan fingerprint density at radius 2 is 2.12 bits per heavy atom. The second kappa shape index (κ2) is 7.31. The number of anilines is 1. The number of benzene rings is 1. The zero-order chi connectivity index (χ0) is 17.8. The fourth-order valence-electron chi connectivity index (χ4n) is 2.57. The van der Waals surface area contributed by atoms with E-state index in [4.69, 9.17) is 5.73 Å². The second-order valence-electron chi connectivity index (χ2n) is 6.01. The highest BCUT2D eigenvalue weighted by Crippen LogP contribution is 2.32. The molecule has 0 aliphatic rings. The average Bonchev–Trinajstić information content (AvgIpc) is 3.16. The fourth-order valence-corrected chi connectivity index (χ4v) is 2.57. The van der Waals surface area contributed by atoms with Gasteiger partial charge in [0, 0.05) is 37.6 Å². The third-order valence-corrected chi connectivity index (χ3v) is 4.13. The molecule has 0 aliphatic carbocycles. The maximum absolute atomic E-state index is 10.3. The van der Waals surface area contributed by atoms with E-state index in [-0.39, 0.29) is 11.8 Å². The number of rotatable bonds is 6. The smallest absolute Gasteiger partial charge is 0.165 e. The van der Waals surface area contributed by atoms with E-state index in [2.05, 4.69) is 27.1 Å². The lowest BCUT2D eigenvalue weighted by molar-refractivity contribution is 0.477. The van der Waals surface area contributed by atoms with Gasteiger partial charge in [-0.05, 0) is 30.2 Å². The van der Waals surface area contributed by atoms with Crippen LogP contribution in [0.1, 0.15) is 13.3 Å². The minimum absolute atomic E-state index is 0.0845. The largest absolute Gasteiger partial charge is 0.507 e. The molecular weight excluding hydrogens is 316 g/mol. The highest BCUT2D eigenvalue weighted by molar-refractivity contribution is 5.74. The van der Waals surface area contributed by atoms with E-state index >= 15 is 0 Å². The minimum atomic E-state index is 0.0845. The molecule has 2 heterocycles. The van der Waals surface area contributed by atoms with Crippen LogP contribution in [-0.2, 0) is 0 Å². The summed E-state index contributed by atoms with van der Waals surface area (Å²) in [5.74, 6) is 1.37. The van der Waals surface area contributed by atoms with Crippen molar-refractivity contribution in [3.8, 4) is 28.3 Å². The van der Waals surface area contributed by atoms with E-state index in [1.165, 1.54) is 0 Å². The number of nitrogens with zero attached hydrogens (tertiary/aromatic N) is 4. The number of phenols is 1. The number of aromatic nitrogens is 4. The van der Waals surface area contributed by atoms with Crippen molar-refractivity contribution in [2.45, 2.75) is 19.4 Å². The second-order valence-corrected chi connectivity index (χ2v) is 6.01. The molecule has 7 nitrogen and oxygen atoms in total. The molecule has 0 spiro atoms. The average molecular weight is 338 g/mol. The number of aromatic hydroxyl groups is 1. The molecule has 2 aromatic heterocycles. The van der Waals surface area contributed by atoms with Crippen LogP contribution in [0.3, 0.4) is 0 Å². The standard InChI is InChI=1S/C18H22N6O/c1-3-14(19)11-24(2)17-6-7-20-18(23-17)15-8-12(4-5-16(15)25)13-9-21-22-10-13/h4-10,14,25H,3,11,19H2,1-2H3,(H,21,22)/t14-/m1/s1. The molecule has 0 fully saturated rings. The summed E-state index contributed by atoms with van der Waals surface area (Å²) < 4.78 is 0. The van der Waals surface area contributed by atoms with Gasteiger partial charge in [-0.25, -0.2) is 9.97 Å². The highest BCUT2D eigenvalue weighted by atomic mass is 16.3. The van der Waals surface area contributed by atoms with Gasteiger partial charge < -0.3 is 15.7 Å². The summed E-state index contributed by atoms with van der Waals surface area (Å²) in [5.41, 5.74) is 8.46. The van der Waals surface area contributed by atoms with Gasteiger partial charge in [-0.3, -0.25) is 5.10 Å². The lowest BCUT2D eigenvalue weighted by Gasteiger charge is -2.22. The monoisotopic (exact) mass is 338 g/mol. The van der Waals surface area contributed by atoms with Gasteiger partial charge in [-0.1, -0.05) is 13.0 Å². The van der Waals surface area contributed by atoms with E-state index in [1.807, 2.05) is 30.1 Å². The van der Waals surface area contributed by atoms with E-state index in [0.29, 0.717) is 17.9 Å². The summed E-state index contributed by atoms with van der Waals surface area (Å²) in [6.45, 7) is 2.76. The first-order chi connectivity index (χ1) is 12.1. The van der Waals surface area contributed by atoms with Crippen LogP contribution in [0.15, 0.2) is 42.9 Å². The van der Waals surface area contributed by atoms with Crippen LogP contribution in [-0.4, -0.2) is 44.9 Å². The summed E-state index contributed by atoms with van der Waals surface area (Å²) in [7, 11) is 1.95. The van der Waals surface area contributed by atoms with Gasteiger partial charge in [0.2, 0.25) is 0 Å². The molecule has 0 saturated heterocycles. The summed E-state index contributed by atoms with van der Waals surface area (Å²) in [4.78, 5) is 10.9. The van der Waals surface area contributed by atoms with Gasteiger partial charge in [0.25, 0.3) is 0 Å². The first-order valence-electron chi connectivity index (χ1n) is 8.20. The number of hydrogen-bond acceptors (Lipinski definition) is 6. The predicted molar refractivity (Wildman–Crippen MR) is 98.3 cm³/mol. The first kappa shape index (κ1) is 16.9. The van der Waals surface area contributed by atoms with Crippen LogP contribution in [0.4, 0.5) is 5.82 Å². The number of aromatic amines is 1. The maximum Gasteiger partial charge on any atom is 0.165 e. The van der Waals surface area contributed by atoms with Crippen LogP contribution in [0, 0.1) is 0 Å². The third kappa shape index (κ3) is 3.77. The summed E-state index contributed by atoms with van der Waals surface area (Å²) in [6.07, 6.45) is 6.12. The molecule has 25 heavy (non-hydrogen) atoms. The molecule has 3 rings (SSSR count). The van der Waals surface area contributed by atoms with Crippen molar-refractivity contribution in [2.75, 3.05) is 18.5 Å². The Morgan fingerprint density at radius 3 is 2.84 bits per heavy atom. The number of phenolic OH excluding ortho intramolecular Hbond substituents is 1. The molecule has 0 bridgehead atoms. The van der Waals surface area contributed by atoms with Gasteiger partial charge in [0.15, 0.2) is 5.82 Å². The molecule has 0 radical (unpaired) electrons. The molecule has 7 heteroatoms. The van der Waals surface area contributed by atoms with E-state index < -0.39 is 0 Å². The Labute approximate surface area is 146 Å². The van der Waals surface area contributed by atoms with Crippen LogP contribution in [0.25, 0.3) is 22.5 Å². The molecule has 0 aliphatic heterocycles. The summed E-state index contributed by atoms with van der Waals surface area (Å²) in [6, 6.07) is 7.26. The number of nitrogens with two attached hydrogens (primary N) is 1. The van der Waals surface area contributed by atoms with Crippen molar-refractivity contribution in [3.05, 3.63) is 42.9 Å². The quantitative estimate of drug-likeness (QED) is 0.637. The number of nitrogens with one attached hydrogen (secondary N) is 1. The SMILES string of the molecule is CC[C@@H](N)CN(C)c1ccnc(-c2cc(-c3cn[nH]c3)ccc2O)n1. The van der Waals surface area contributed by atoms with Crippen molar-refractivity contribution in [1.82, 2.24) is 20.2 Å². The molecular formula is C18H22N6O. The van der Waals surface area contributed by atoms with Crippen LogP contribution in [0.2, 0.25) is 0 Å². The van der Waals surface area contributed by atoms with E-state index in [9.17, 15) is 5.11 Å². The summed E-state index contributed by atoms with van der Waals surface area (Å²) >= 11 is 0. The molecule has 4 N–H and O–H groups in total. The van der Waals surface area contributed by atoms with Crippen molar-refractivity contribution < 1.29 is 5.11 Å². The van der Waals surface area contributed by atoms with Crippen molar-refractivity contribution in [3.63, 3.8) is 0 Å². The van der Waals surface area contributed by atoms with Gasteiger partial charge >= 0.3 is 0 Å². The summed E-state index contributed by atoms with van der Waals surface area (Å²) in [5, 5.41) is 17.0. The topological polar surface area (TPSA) is 104 Å². The van der Waals surface area contributed by atoms with Crippen LogP contribution >= 0.6 is 0 Å². The highest BCUT2D eigenvalue weighted by Gasteiger charge is 2.13. The Bertz CT molecular complexity index is 833. The minimum Gasteiger partial charge on any atom is -0.507 e. The third-order valence-electron chi connectivity index (χ3n) is 4.13. The van der Waals surface area contributed by atoms with Crippen molar-refractivity contribution in [2.24, 2.45) is 5.73 Å². The zero-order valence-electron chi connectivity index (χ0n) is 14.3. The molecule has 0 saturated carbocycles. The van der Waals surface area contributed by atoms with Gasteiger partial charge in [0.05, 0.1) is 11.8 Å². The first-order valence-corrected chi connectivity index (χ1v) is 8.20. The predicted octanol–water partition coefficient (Wildman–Crippen LogP) is 2.41. The normalized spacial score (nSPS) is 12.1. The van der Waals surface area contributed by atoms with Crippen molar-refractivity contribution in [1.29, 1.82) is 0 Å². The molecule has 0 amide bonds. The van der Waals surface area contributed by atoms with Crippen molar-refractivity contribution >= 4 is 5.82 Å². The Kier molecular flexibility index (Phi) is 4.95. The van der Waals surface area contributed by atoms with Gasteiger partial charge in [-0.2, -0.15) is 5.10 Å². The number of H-pyrrole nitrogens is 1. The maximum atomic E-state index is 10.3. The molecule has 1 aromatic carbocycles. The number of likely N-dealkylation sites (N-methyl/N-ethyl adjacent to an activating group) is 1. The lowest BCUT2D eigenvalue weighted by atomic mass is 10.0. The molecule has 1 atom stereocenters. The van der Waals surface area contributed by atoms with Crippen LogP contribution < -0.4 is 10.6 Å². The van der Waals surface area contributed by atoms with Crippen LogP contribution in [0.5, 0.6) is 5.75 Å². The van der Waals surface area contributed by atoms with E-state index in [1.54, 1.807) is 24.7 Å². The molecule has 130 valence electrons. The van der Waals surface area contributed by atoms with Gasteiger partial charge in [-0.15, -0.1) is 0 Å². The van der Waals surface area contributed by atoms with E-state index in [0.717, 1.165) is 23.4 Å².